The molecule has 0 bridgehead atoms. The average molecular weight is 286 g/mol. The maximum absolute atomic E-state index is 13.0. The molecule has 6 heteroatoms. The predicted molar refractivity (Wildman–Crippen MR) is 68.4 cm³/mol. The first kappa shape index (κ1) is 14.4. The highest BCUT2D eigenvalue weighted by atomic mass is 19.4. The lowest BCUT2D eigenvalue weighted by molar-refractivity contribution is -0.138. The van der Waals surface area contributed by atoms with E-state index in [1.165, 1.54) is 0 Å². The molecule has 0 saturated carbocycles. The summed E-state index contributed by atoms with van der Waals surface area (Å²) in [4.78, 5) is 0. The Balaban J connectivity index is 2.26. The Hall–Kier alpha value is -1.98. The molecule has 0 aliphatic rings. The van der Waals surface area contributed by atoms with Gasteiger partial charge >= 0.3 is 6.18 Å². The minimum Gasteiger partial charge on any atom is -0.322 e. The quantitative estimate of drug-likeness (QED) is 0.844. The van der Waals surface area contributed by atoms with E-state index in [0.717, 1.165) is 23.5 Å². The highest BCUT2D eigenvalue weighted by molar-refractivity contribution is 5.31. The SMILES string of the molecule is Cc1ccc(C)n1NCc1ccc(F)cc1C(F)(F)F. The Kier molecular flexibility index (Phi) is 3.74. The van der Waals surface area contributed by atoms with Gasteiger partial charge in [0.15, 0.2) is 0 Å². The van der Waals surface area contributed by atoms with Crippen molar-refractivity contribution in [1.29, 1.82) is 0 Å². The van der Waals surface area contributed by atoms with Crippen LogP contribution in [-0.4, -0.2) is 4.68 Å². The first-order chi connectivity index (χ1) is 9.29. The second-order valence-corrected chi connectivity index (χ2v) is 4.59. The Morgan fingerprint density at radius 3 is 2.20 bits per heavy atom. The van der Waals surface area contributed by atoms with Crippen molar-refractivity contribution in [1.82, 2.24) is 4.68 Å². The zero-order valence-corrected chi connectivity index (χ0v) is 11.1. The van der Waals surface area contributed by atoms with Crippen molar-refractivity contribution in [3.05, 3.63) is 58.7 Å². The summed E-state index contributed by atoms with van der Waals surface area (Å²) in [5.41, 5.74) is 3.73. The van der Waals surface area contributed by atoms with Gasteiger partial charge in [-0.2, -0.15) is 13.2 Å². The largest absolute Gasteiger partial charge is 0.416 e. The molecule has 0 unspecified atom stereocenters. The van der Waals surface area contributed by atoms with E-state index in [2.05, 4.69) is 5.43 Å². The molecule has 0 amide bonds. The van der Waals surface area contributed by atoms with Crippen LogP contribution in [0.25, 0.3) is 0 Å². The molecule has 1 aromatic carbocycles. The van der Waals surface area contributed by atoms with Crippen LogP contribution in [0.1, 0.15) is 22.5 Å². The molecule has 0 aliphatic heterocycles. The van der Waals surface area contributed by atoms with E-state index < -0.39 is 17.6 Å². The fraction of sp³-hybridized carbons (Fsp3) is 0.286. The van der Waals surface area contributed by atoms with Gasteiger partial charge in [0, 0.05) is 11.4 Å². The molecule has 1 aromatic heterocycles. The molecule has 1 N–H and O–H groups in total. The molecule has 0 radical (unpaired) electrons. The predicted octanol–water partition coefficient (Wildman–Crippen LogP) is 4.01. The van der Waals surface area contributed by atoms with Crippen molar-refractivity contribution in [3.8, 4) is 0 Å². The third-order valence-corrected chi connectivity index (χ3v) is 3.08. The Morgan fingerprint density at radius 1 is 1.05 bits per heavy atom. The molecule has 0 saturated heterocycles. The second kappa shape index (κ2) is 5.19. The van der Waals surface area contributed by atoms with E-state index in [1.54, 1.807) is 4.68 Å². The summed E-state index contributed by atoms with van der Waals surface area (Å²) in [5.74, 6) is -0.894. The van der Waals surface area contributed by atoms with Crippen LogP contribution < -0.4 is 5.43 Å². The van der Waals surface area contributed by atoms with Crippen molar-refractivity contribution >= 4 is 0 Å². The van der Waals surface area contributed by atoms with Gasteiger partial charge in [-0.05, 0) is 43.7 Å². The van der Waals surface area contributed by atoms with Gasteiger partial charge < -0.3 is 5.43 Å². The molecule has 0 spiro atoms. The summed E-state index contributed by atoms with van der Waals surface area (Å²) < 4.78 is 53.2. The van der Waals surface area contributed by atoms with Crippen molar-refractivity contribution in [2.45, 2.75) is 26.6 Å². The van der Waals surface area contributed by atoms with Crippen LogP contribution in [0.2, 0.25) is 0 Å². The zero-order chi connectivity index (χ0) is 14.9. The fourth-order valence-electron chi connectivity index (χ4n) is 2.05. The number of rotatable bonds is 3. The van der Waals surface area contributed by atoms with Crippen LogP contribution in [0.4, 0.5) is 17.6 Å². The molecule has 2 rings (SSSR count). The van der Waals surface area contributed by atoms with Crippen LogP contribution in [0.15, 0.2) is 30.3 Å². The molecule has 1 heterocycles. The number of benzene rings is 1. The van der Waals surface area contributed by atoms with Crippen molar-refractivity contribution in [3.63, 3.8) is 0 Å². The summed E-state index contributed by atoms with van der Waals surface area (Å²) in [6.45, 7) is 3.65. The van der Waals surface area contributed by atoms with Crippen LogP contribution in [0.3, 0.4) is 0 Å². The topological polar surface area (TPSA) is 17.0 Å². The van der Waals surface area contributed by atoms with Crippen molar-refractivity contribution in [2.24, 2.45) is 0 Å². The number of aryl methyl sites for hydroxylation is 2. The molecule has 0 fully saturated rings. The summed E-state index contributed by atoms with van der Waals surface area (Å²) in [5, 5.41) is 0. The molecular weight excluding hydrogens is 272 g/mol. The third kappa shape index (κ3) is 2.95. The van der Waals surface area contributed by atoms with Crippen molar-refractivity contribution < 1.29 is 17.6 Å². The van der Waals surface area contributed by atoms with Gasteiger partial charge in [-0.1, -0.05) is 6.07 Å². The maximum Gasteiger partial charge on any atom is 0.416 e. The normalized spacial score (nSPS) is 11.7. The summed E-state index contributed by atoms with van der Waals surface area (Å²) >= 11 is 0. The van der Waals surface area contributed by atoms with Crippen molar-refractivity contribution in [2.75, 3.05) is 5.43 Å². The number of alkyl halides is 3. The van der Waals surface area contributed by atoms with Crippen LogP contribution in [0, 0.1) is 19.7 Å². The van der Waals surface area contributed by atoms with E-state index in [0.29, 0.717) is 6.07 Å². The smallest absolute Gasteiger partial charge is 0.322 e. The molecule has 108 valence electrons. The van der Waals surface area contributed by atoms with E-state index in [1.807, 2.05) is 26.0 Å². The van der Waals surface area contributed by atoms with Gasteiger partial charge in [0.25, 0.3) is 0 Å². The number of nitrogens with one attached hydrogen (secondary N) is 1. The van der Waals surface area contributed by atoms with Crippen LogP contribution in [-0.2, 0) is 12.7 Å². The lowest BCUT2D eigenvalue weighted by Crippen LogP contribution is -2.19. The summed E-state index contributed by atoms with van der Waals surface area (Å²) in [7, 11) is 0. The number of nitrogens with zero attached hydrogens (tertiary/aromatic N) is 1. The molecule has 20 heavy (non-hydrogen) atoms. The van der Waals surface area contributed by atoms with Gasteiger partial charge in [0.1, 0.15) is 5.82 Å². The molecule has 2 aromatic rings. The first-order valence-electron chi connectivity index (χ1n) is 6.03. The molecule has 0 atom stereocenters. The van der Waals surface area contributed by atoms with Gasteiger partial charge in [0.2, 0.25) is 0 Å². The second-order valence-electron chi connectivity index (χ2n) is 4.59. The van der Waals surface area contributed by atoms with E-state index in [-0.39, 0.29) is 12.1 Å². The minimum atomic E-state index is -4.57. The Bertz CT molecular complexity index is 595. The van der Waals surface area contributed by atoms with Crippen LogP contribution >= 0.6 is 0 Å². The fourth-order valence-corrected chi connectivity index (χ4v) is 2.05. The lowest BCUT2D eigenvalue weighted by atomic mass is 10.1. The summed E-state index contributed by atoms with van der Waals surface area (Å²) in [6.07, 6.45) is -4.57. The molecular formula is C14H14F4N2. The number of hydrogen-bond acceptors (Lipinski definition) is 1. The van der Waals surface area contributed by atoms with Gasteiger partial charge in [-0.25, -0.2) is 4.39 Å². The first-order valence-corrected chi connectivity index (χ1v) is 6.03. The molecule has 0 aliphatic carbocycles. The van der Waals surface area contributed by atoms with Gasteiger partial charge in [0.05, 0.1) is 12.1 Å². The van der Waals surface area contributed by atoms with Gasteiger partial charge in [-0.15, -0.1) is 0 Å². The lowest BCUT2D eigenvalue weighted by Gasteiger charge is -2.16. The maximum atomic E-state index is 13.0. The highest BCUT2D eigenvalue weighted by Crippen LogP contribution is 2.32. The van der Waals surface area contributed by atoms with Gasteiger partial charge in [-0.3, -0.25) is 4.68 Å². The number of aromatic nitrogens is 1. The molecule has 2 nitrogen and oxygen atoms in total. The number of hydrogen-bond donors (Lipinski definition) is 1. The Labute approximate surface area is 114 Å². The van der Waals surface area contributed by atoms with E-state index in [9.17, 15) is 17.6 Å². The third-order valence-electron chi connectivity index (χ3n) is 3.08. The summed E-state index contributed by atoms with van der Waals surface area (Å²) in [6, 6.07) is 6.42. The monoisotopic (exact) mass is 286 g/mol. The zero-order valence-electron chi connectivity index (χ0n) is 11.1. The van der Waals surface area contributed by atoms with Crippen LogP contribution in [0.5, 0.6) is 0 Å². The minimum absolute atomic E-state index is 0.00593. The Morgan fingerprint density at radius 2 is 1.65 bits per heavy atom. The average Bonchev–Trinajstić information content (AvgIpc) is 2.67. The van der Waals surface area contributed by atoms with E-state index in [4.69, 9.17) is 0 Å². The highest BCUT2D eigenvalue weighted by Gasteiger charge is 2.33. The number of halogens is 4. The standard InChI is InChI=1S/C14H14F4N2/c1-9-3-4-10(2)20(9)19-8-11-5-6-12(15)7-13(11)14(16,17)18/h3-7,19H,8H2,1-2H3. The van der Waals surface area contributed by atoms with E-state index >= 15 is 0 Å².